The number of hydrogen-bond acceptors (Lipinski definition) is 5. The third kappa shape index (κ3) is 3.50. The summed E-state index contributed by atoms with van der Waals surface area (Å²) in [7, 11) is -1.75. The smallest absolute Gasteiger partial charge is 0.201 e. The number of benzene rings is 3. The quantitative estimate of drug-likeness (QED) is 0.472. The van der Waals surface area contributed by atoms with Crippen LogP contribution >= 0.6 is 0 Å². The standard InChI is InChI=1S/C24H20O5S/c1-15-8-9-17(14-21(15)28-2)22-23(25)19-6-4-5-7-20(19)29-24(22)16-10-12-18(13-11-16)30(3,26)27/h4-14H,1-3H3. The molecule has 0 spiro atoms. The van der Waals surface area contributed by atoms with E-state index in [1.54, 1.807) is 43.5 Å². The molecule has 1 aromatic heterocycles. The molecule has 0 atom stereocenters. The number of methoxy groups -OCH3 is 1. The fraction of sp³-hybridized carbons (Fsp3) is 0.125. The molecule has 0 N–H and O–H groups in total. The first-order valence-corrected chi connectivity index (χ1v) is 11.2. The lowest BCUT2D eigenvalue weighted by Gasteiger charge is -2.13. The highest BCUT2D eigenvalue weighted by atomic mass is 32.2. The van der Waals surface area contributed by atoms with Crippen molar-refractivity contribution in [2.45, 2.75) is 11.8 Å². The molecule has 0 unspecified atom stereocenters. The molecule has 0 saturated carbocycles. The normalized spacial score (nSPS) is 11.6. The second-order valence-electron chi connectivity index (χ2n) is 7.11. The van der Waals surface area contributed by atoms with E-state index in [4.69, 9.17) is 9.15 Å². The van der Waals surface area contributed by atoms with E-state index < -0.39 is 9.84 Å². The number of ether oxygens (including phenoxy) is 1. The summed E-state index contributed by atoms with van der Waals surface area (Å²) >= 11 is 0. The van der Waals surface area contributed by atoms with Crippen LogP contribution in [0.4, 0.5) is 0 Å². The van der Waals surface area contributed by atoms with Crippen LogP contribution in [0.15, 0.2) is 80.8 Å². The van der Waals surface area contributed by atoms with Crippen molar-refractivity contribution < 1.29 is 17.6 Å². The van der Waals surface area contributed by atoms with Gasteiger partial charge in [0.1, 0.15) is 17.1 Å². The Morgan fingerprint density at radius 2 is 1.57 bits per heavy atom. The molecule has 0 aliphatic rings. The van der Waals surface area contributed by atoms with Crippen LogP contribution in [-0.4, -0.2) is 21.8 Å². The Kier molecular flexibility index (Phi) is 4.95. The van der Waals surface area contributed by atoms with E-state index in [9.17, 15) is 13.2 Å². The van der Waals surface area contributed by atoms with Gasteiger partial charge in [0.25, 0.3) is 0 Å². The minimum Gasteiger partial charge on any atom is -0.496 e. The van der Waals surface area contributed by atoms with Gasteiger partial charge in [-0.15, -0.1) is 0 Å². The van der Waals surface area contributed by atoms with Crippen LogP contribution < -0.4 is 10.2 Å². The van der Waals surface area contributed by atoms with Gasteiger partial charge < -0.3 is 9.15 Å². The molecule has 0 fully saturated rings. The number of hydrogen-bond donors (Lipinski definition) is 0. The molecule has 30 heavy (non-hydrogen) atoms. The Morgan fingerprint density at radius 3 is 2.23 bits per heavy atom. The average molecular weight is 420 g/mol. The fourth-order valence-corrected chi connectivity index (χ4v) is 4.07. The van der Waals surface area contributed by atoms with Gasteiger partial charge in [0.2, 0.25) is 5.43 Å². The zero-order valence-electron chi connectivity index (χ0n) is 16.8. The number of fused-ring (bicyclic) bond motifs is 1. The predicted molar refractivity (Wildman–Crippen MR) is 118 cm³/mol. The zero-order valence-corrected chi connectivity index (χ0v) is 17.6. The highest BCUT2D eigenvalue weighted by Gasteiger charge is 2.19. The predicted octanol–water partition coefficient (Wildman–Crippen LogP) is 4.85. The summed E-state index contributed by atoms with van der Waals surface area (Å²) in [6, 6.07) is 18.9. The molecule has 6 heteroatoms. The van der Waals surface area contributed by atoms with Crippen LogP contribution in [0.2, 0.25) is 0 Å². The van der Waals surface area contributed by atoms with Crippen molar-refractivity contribution in [3.8, 4) is 28.2 Å². The van der Waals surface area contributed by atoms with Crippen LogP contribution in [0.1, 0.15) is 5.56 Å². The Balaban J connectivity index is 2.04. The molecule has 0 radical (unpaired) electrons. The fourth-order valence-electron chi connectivity index (χ4n) is 3.44. The molecule has 5 nitrogen and oxygen atoms in total. The Labute approximate surface area is 174 Å². The Bertz CT molecular complexity index is 1410. The molecule has 0 aliphatic carbocycles. The number of rotatable bonds is 4. The Morgan fingerprint density at radius 1 is 0.900 bits per heavy atom. The largest absolute Gasteiger partial charge is 0.496 e. The van der Waals surface area contributed by atoms with Gasteiger partial charge in [-0.1, -0.05) is 24.3 Å². The molecule has 0 aliphatic heterocycles. The lowest BCUT2D eigenvalue weighted by molar-refractivity contribution is 0.412. The van der Waals surface area contributed by atoms with Gasteiger partial charge in [0.15, 0.2) is 9.84 Å². The van der Waals surface area contributed by atoms with E-state index in [-0.39, 0.29) is 10.3 Å². The summed E-state index contributed by atoms with van der Waals surface area (Å²) in [5.74, 6) is 1.04. The molecule has 152 valence electrons. The van der Waals surface area contributed by atoms with Crippen LogP contribution in [-0.2, 0) is 9.84 Å². The average Bonchev–Trinajstić information content (AvgIpc) is 2.74. The molecule has 0 amide bonds. The topological polar surface area (TPSA) is 73.6 Å². The Hall–Kier alpha value is -3.38. The number of aryl methyl sites for hydroxylation is 1. The molecular weight excluding hydrogens is 400 g/mol. The lowest BCUT2D eigenvalue weighted by atomic mass is 9.97. The zero-order chi connectivity index (χ0) is 21.5. The second kappa shape index (κ2) is 7.46. The maximum absolute atomic E-state index is 13.4. The maximum atomic E-state index is 13.4. The first-order chi connectivity index (χ1) is 14.3. The van der Waals surface area contributed by atoms with Gasteiger partial charge in [0, 0.05) is 11.8 Å². The van der Waals surface area contributed by atoms with Crippen molar-refractivity contribution in [1.82, 2.24) is 0 Å². The SMILES string of the molecule is COc1cc(-c2c(-c3ccc(S(C)(=O)=O)cc3)oc3ccccc3c2=O)ccc1C. The molecule has 1 heterocycles. The van der Waals surface area contributed by atoms with E-state index in [0.717, 1.165) is 11.8 Å². The highest BCUT2D eigenvalue weighted by Crippen LogP contribution is 2.35. The molecule has 0 saturated heterocycles. The minimum atomic E-state index is -3.33. The molecule has 4 aromatic rings. The highest BCUT2D eigenvalue weighted by molar-refractivity contribution is 7.90. The van der Waals surface area contributed by atoms with E-state index in [1.807, 2.05) is 25.1 Å². The third-order valence-electron chi connectivity index (χ3n) is 5.04. The minimum absolute atomic E-state index is 0.162. The van der Waals surface area contributed by atoms with Crippen molar-refractivity contribution in [2.75, 3.05) is 13.4 Å². The molecular formula is C24H20O5S. The summed E-state index contributed by atoms with van der Waals surface area (Å²) in [4.78, 5) is 13.6. The van der Waals surface area contributed by atoms with E-state index in [2.05, 4.69) is 0 Å². The second-order valence-corrected chi connectivity index (χ2v) is 9.13. The summed E-state index contributed by atoms with van der Waals surface area (Å²) in [5, 5.41) is 0.476. The van der Waals surface area contributed by atoms with Crippen molar-refractivity contribution in [2.24, 2.45) is 0 Å². The van der Waals surface area contributed by atoms with Gasteiger partial charge in [0.05, 0.1) is 23.0 Å². The van der Waals surface area contributed by atoms with Gasteiger partial charge in [-0.2, -0.15) is 0 Å². The van der Waals surface area contributed by atoms with Crippen LogP contribution in [0, 0.1) is 6.92 Å². The maximum Gasteiger partial charge on any atom is 0.201 e. The van der Waals surface area contributed by atoms with Gasteiger partial charge in [-0.3, -0.25) is 4.79 Å². The van der Waals surface area contributed by atoms with Crippen LogP contribution in [0.25, 0.3) is 33.4 Å². The van der Waals surface area contributed by atoms with Crippen LogP contribution in [0.5, 0.6) is 5.75 Å². The van der Waals surface area contributed by atoms with Crippen LogP contribution in [0.3, 0.4) is 0 Å². The molecule has 4 rings (SSSR count). The number of sulfone groups is 1. The van der Waals surface area contributed by atoms with E-state index in [0.29, 0.717) is 39.2 Å². The van der Waals surface area contributed by atoms with Crippen molar-refractivity contribution in [1.29, 1.82) is 0 Å². The summed E-state index contributed by atoms with van der Waals surface area (Å²) in [6.45, 7) is 1.93. The van der Waals surface area contributed by atoms with Gasteiger partial charge in [-0.25, -0.2) is 8.42 Å². The summed E-state index contributed by atoms with van der Waals surface area (Å²) < 4.78 is 35.2. The number of para-hydroxylation sites is 1. The van der Waals surface area contributed by atoms with Crippen molar-refractivity contribution >= 4 is 20.8 Å². The summed E-state index contributed by atoms with van der Waals surface area (Å²) in [6.07, 6.45) is 1.15. The molecule has 0 bridgehead atoms. The van der Waals surface area contributed by atoms with Gasteiger partial charge >= 0.3 is 0 Å². The first-order valence-electron chi connectivity index (χ1n) is 9.31. The third-order valence-corrected chi connectivity index (χ3v) is 6.17. The van der Waals surface area contributed by atoms with Gasteiger partial charge in [-0.05, 0) is 60.5 Å². The first kappa shape index (κ1) is 19.9. The van der Waals surface area contributed by atoms with E-state index >= 15 is 0 Å². The van der Waals surface area contributed by atoms with Crippen molar-refractivity contribution in [3.63, 3.8) is 0 Å². The lowest BCUT2D eigenvalue weighted by Crippen LogP contribution is -2.08. The summed E-state index contributed by atoms with van der Waals surface area (Å²) in [5.41, 5.74) is 2.93. The van der Waals surface area contributed by atoms with Crippen molar-refractivity contribution in [3.05, 3.63) is 82.5 Å². The monoisotopic (exact) mass is 420 g/mol. The van der Waals surface area contributed by atoms with E-state index in [1.165, 1.54) is 12.1 Å². The molecule has 3 aromatic carbocycles.